The molecule has 0 fully saturated rings. The molecule has 2 aromatic carbocycles. The monoisotopic (exact) mass is 186 g/mol. The maximum Gasteiger partial charge on any atom is 0.0197 e. The standard InChI is InChI=1S/C12H10S/c1-2-4-11-9(3-1)5-6-10-7-13-8-12(10)11/h1-6H,7-8H2. The molecule has 1 aliphatic rings. The Kier molecular flexibility index (Phi) is 1.59. The van der Waals surface area contributed by atoms with Gasteiger partial charge in [-0.3, -0.25) is 0 Å². The van der Waals surface area contributed by atoms with Crippen molar-refractivity contribution in [2.45, 2.75) is 11.5 Å². The summed E-state index contributed by atoms with van der Waals surface area (Å²) >= 11 is 2.02. The minimum atomic E-state index is 1.19. The molecule has 0 saturated carbocycles. The predicted octanol–water partition coefficient (Wildman–Crippen LogP) is 3.59. The Bertz CT molecular complexity index is 460. The lowest BCUT2D eigenvalue weighted by molar-refractivity contribution is 1.39. The molecule has 0 bridgehead atoms. The molecule has 1 heteroatoms. The number of hydrogen-bond acceptors (Lipinski definition) is 1. The highest BCUT2D eigenvalue weighted by molar-refractivity contribution is 7.98. The first-order valence-electron chi connectivity index (χ1n) is 4.52. The van der Waals surface area contributed by atoms with Crippen molar-refractivity contribution in [1.29, 1.82) is 0 Å². The molecule has 2 aromatic rings. The molecule has 1 heterocycles. The minimum Gasteiger partial charge on any atom is -0.152 e. The van der Waals surface area contributed by atoms with E-state index in [1.807, 2.05) is 11.8 Å². The van der Waals surface area contributed by atoms with E-state index in [1.54, 1.807) is 5.56 Å². The Balaban J connectivity index is 2.43. The van der Waals surface area contributed by atoms with Crippen molar-refractivity contribution in [3.8, 4) is 0 Å². The Hall–Kier alpha value is -0.950. The summed E-state index contributed by atoms with van der Waals surface area (Å²) in [6, 6.07) is 13.2. The van der Waals surface area contributed by atoms with E-state index in [2.05, 4.69) is 36.4 Å². The van der Waals surface area contributed by atoms with Gasteiger partial charge in [0.1, 0.15) is 0 Å². The van der Waals surface area contributed by atoms with Gasteiger partial charge in [0, 0.05) is 11.5 Å². The second kappa shape index (κ2) is 2.78. The molecule has 0 nitrogen and oxygen atoms in total. The Morgan fingerprint density at radius 3 is 2.85 bits per heavy atom. The van der Waals surface area contributed by atoms with Gasteiger partial charge in [-0.1, -0.05) is 36.4 Å². The van der Waals surface area contributed by atoms with Crippen LogP contribution in [0.3, 0.4) is 0 Å². The Morgan fingerprint density at radius 1 is 0.923 bits per heavy atom. The van der Waals surface area contributed by atoms with Crippen molar-refractivity contribution < 1.29 is 0 Å². The third-order valence-corrected chi connectivity index (χ3v) is 3.65. The molecule has 3 rings (SSSR count). The summed E-state index contributed by atoms with van der Waals surface area (Å²) in [7, 11) is 0. The van der Waals surface area contributed by atoms with Crippen molar-refractivity contribution in [1.82, 2.24) is 0 Å². The van der Waals surface area contributed by atoms with Gasteiger partial charge in [0.15, 0.2) is 0 Å². The summed E-state index contributed by atoms with van der Waals surface area (Å²) in [5, 5.41) is 2.83. The maximum atomic E-state index is 2.28. The van der Waals surface area contributed by atoms with Crippen LogP contribution >= 0.6 is 11.8 Å². The molecule has 1 aliphatic heterocycles. The van der Waals surface area contributed by atoms with Crippen molar-refractivity contribution >= 4 is 22.5 Å². The van der Waals surface area contributed by atoms with Gasteiger partial charge in [0.25, 0.3) is 0 Å². The fourth-order valence-corrected chi connectivity index (χ4v) is 3.09. The van der Waals surface area contributed by atoms with E-state index in [4.69, 9.17) is 0 Å². The molecule has 0 atom stereocenters. The fourth-order valence-electron chi connectivity index (χ4n) is 1.95. The zero-order valence-corrected chi connectivity index (χ0v) is 8.10. The number of hydrogen-bond donors (Lipinski definition) is 0. The van der Waals surface area contributed by atoms with E-state index in [1.165, 1.54) is 27.8 Å². The average molecular weight is 186 g/mol. The SMILES string of the molecule is c1ccc2c3c(ccc2c1)CSC3. The highest BCUT2D eigenvalue weighted by atomic mass is 32.2. The van der Waals surface area contributed by atoms with Crippen LogP contribution in [0.15, 0.2) is 36.4 Å². The number of benzene rings is 2. The maximum absolute atomic E-state index is 2.28. The zero-order chi connectivity index (χ0) is 8.67. The second-order valence-electron chi connectivity index (χ2n) is 3.42. The molecule has 0 saturated heterocycles. The van der Waals surface area contributed by atoms with Gasteiger partial charge in [-0.25, -0.2) is 0 Å². The van der Waals surface area contributed by atoms with Crippen molar-refractivity contribution in [3.63, 3.8) is 0 Å². The smallest absolute Gasteiger partial charge is 0.0197 e. The van der Waals surface area contributed by atoms with E-state index in [0.717, 1.165) is 0 Å². The molecular weight excluding hydrogens is 176 g/mol. The van der Waals surface area contributed by atoms with E-state index >= 15 is 0 Å². The molecule has 0 aromatic heterocycles. The molecule has 13 heavy (non-hydrogen) atoms. The first-order valence-corrected chi connectivity index (χ1v) is 5.68. The highest BCUT2D eigenvalue weighted by Gasteiger charge is 2.12. The van der Waals surface area contributed by atoms with Crippen LogP contribution in [0.5, 0.6) is 0 Å². The van der Waals surface area contributed by atoms with Crippen molar-refractivity contribution in [2.75, 3.05) is 0 Å². The predicted molar refractivity (Wildman–Crippen MR) is 58.9 cm³/mol. The summed E-state index contributed by atoms with van der Waals surface area (Å²) in [5.74, 6) is 2.39. The van der Waals surface area contributed by atoms with Crippen LogP contribution in [0.1, 0.15) is 11.1 Å². The van der Waals surface area contributed by atoms with Crippen LogP contribution in [0, 0.1) is 0 Å². The Morgan fingerprint density at radius 2 is 1.85 bits per heavy atom. The lowest BCUT2D eigenvalue weighted by atomic mass is 10.0. The third-order valence-electron chi connectivity index (χ3n) is 2.64. The first kappa shape index (κ1) is 7.45. The van der Waals surface area contributed by atoms with Crippen LogP contribution in [0.4, 0.5) is 0 Å². The first-order chi connectivity index (χ1) is 6.45. The molecule has 0 aliphatic carbocycles. The summed E-state index contributed by atoms with van der Waals surface area (Å²) in [6.45, 7) is 0. The van der Waals surface area contributed by atoms with Crippen LogP contribution in [-0.4, -0.2) is 0 Å². The summed E-state index contributed by atoms with van der Waals surface area (Å²) in [5.41, 5.74) is 3.09. The van der Waals surface area contributed by atoms with Gasteiger partial charge in [-0.2, -0.15) is 11.8 Å². The highest BCUT2D eigenvalue weighted by Crippen LogP contribution is 2.34. The number of thioether (sulfide) groups is 1. The van der Waals surface area contributed by atoms with Crippen molar-refractivity contribution in [2.24, 2.45) is 0 Å². The van der Waals surface area contributed by atoms with Crippen LogP contribution in [0.25, 0.3) is 10.8 Å². The quantitative estimate of drug-likeness (QED) is 0.606. The molecule has 0 radical (unpaired) electrons. The average Bonchev–Trinajstić information content (AvgIpc) is 2.65. The van der Waals surface area contributed by atoms with Gasteiger partial charge in [-0.05, 0) is 21.9 Å². The number of rotatable bonds is 0. The topological polar surface area (TPSA) is 0 Å². The van der Waals surface area contributed by atoms with E-state index in [9.17, 15) is 0 Å². The summed E-state index contributed by atoms with van der Waals surface area (Å²) in [4.78, 5) is 0. The largest absolute Gasteiger partial charge is 0.152 e. The number of fused-ring (bicyclic) bond motifs is 3. The fraction of sp³-hybridized carbons (Fsp3) is 0.167. The molecule has 0 spiro atoms. The van der Waals surface area contributed by atoms with Crippen LogP contribution in [0.2, 0.25) is 0 Å². The van der Waals surface area contributed by atoms with Gasteiger partial charge < -0.3 is 0 Å². The molecule has 0 N–H and O–H groups in total. The van der Waals surface area contributed by atoms with Gasteiger partial charge in [0.2, 0.25) is 0 Å². The second-order valence-corrected chi connectivity index (χ2v) is 4.40. The van der Waals surface area contributed by atoms with Crippen molar-refractivity contribution in [3.05, 3.63) is 47.5 Å². The van der Waals surface area contributed by atoms with Gasteiger partial charge in [0.05, 0.1) is 0 Å². The normalized spacial score (nSPS) is 14.8. The van der Waals surface area contributed by atoms with Crippen LogP contribution in [-0.2, 0) is 11.5 Å². The summed E-state index contributed by atoms with van der Waals surface area (Å²) in [6.07, 6.45) is 0. The molecule has 0 unspecified atom stereocenters. The zero-order valence-electron chi connectivity index (χ0n) is 7.29. The lowest BCUT2D eigenvalue weighted by Crippen LogP contribution is -1.83. The van der Waals surface area contributed by atoms with Crippen LogP contribution < -0.4 is 0 Å². The summed E-state index contributed by atoms with van der Waals surface area (Å²) < 4.78 is 0. The molecule has 0 amide bonds. The lowest BCUT2D eigenvalue weighted by Gasteiger charge is -2.03. The molecule has 64 valence electrons. The molecular formula is C12H10S. The van der Waals surface area contributed by atoms with Gasteiger partial charge >= 0.3 is 0 Å². The Labute approximate surface area is 82.0 Å². The third kappa shape index (κ3) is 1.07. The van der Waals surface area contributed by atoms with E-state index < -0.39 is 0 Å². The van der Waals surface area contributed by atoms with E-state index in [0.29, 0.717) is 0 Å². The minimum absolute atomic E-state index is 1.19. The van der Waals surface area contributed by atoms with Gasteiger partial charge in [-0.15, -0.1) is 0 Å². The van der Waals surface area contributed by atoms with E-state index in [-0.39, 0.29) is 0 Å².